The molecule has 0 aliphatic carbocycles. The number of nitrogens with one attached hydrogen (secondary N) is 1. The number of ether oxygens (including phenoxy) is 1. The van der Waals surface area contributed by atoms with Gasteiger partial charge in [0.1, 0.15) is 17.0 Å². The van der Waals surface area contributed by atoms with E-state index in [1.807, 2.05) is 37.4 Å². The predicted octanol–water partition coefficient (Wildman–Crippen LogP) is 2.89. The van der Waals surface area contributed by atoms with Gasteiger partial charge in [0.15, 0.2) is 10.8 Å². The lowest BCUT2D eigenvalue weighted by Crippen LogP contribution is -2.11. The first kappa shape index (κ1) is 15.5. The predicted molar refractivity (Wildman–Crippen MR) is 91.0 cm³/mol. The van der Waals surface area contributed by atoms with Gasteiger partial charge in [-0.25, -0.2) is 15.0 Å². The van der Waals surface area contributed by atoms with E-state index in [1.54, 1.807) is 0 Å². The smallest absolute Gasteiger partial charge is 0.262 e. The number of fused-ring (bicyclic) bond motifs is 1. The van der Waals surface area contributed by atoms with Gasteiger partial charge in [-0.1, -0.05) is 30.8 Å². The molecule has 0 bridgehead atoms. The number of nitrogens with zero attached hydrogens (tertiary/aromatic N) is 3. The summed E-state index contributed by atoms with van der Waals surface area (Å²) in [4.78, 5) is 28.0. The highest BCUT2D eigenvalue weighted by molar-refractivity contribution is 7.98. The van der Waals surface area contributed by atoms with Crippen molar-refractivity contribution in [3.63, 3.8) is 0 Å². The van der Waals surface area contributed by atoms with E-state index in [0.717, 1.165) is 12.0 Å². The molecule has 0 aliphatic rings. The van der Waals surface area contributed by atoms with E-state index in [4.69, 9.17) is 4.74 Å². The third kappa shape index (κ3) is 3.19. The molecule has 3 aromatic rings. The topological polar surface area (TPSA) is 80.8 Å². The second-order valence-electron chi connectivity index (χ2n) is 4.85. The Hall–Kier alpha value is -2.41. The molecule has 0 radical (unpaired) electrons. The van der Waals surface area contributed by atoms with Crippen molar-refractivity contribution in [3.05, 3.63) is 40.8 Å². The largest absolute Gasteiger partial charge is 0.493 e. The number of H-pyrrole nitrogens is 1. The molecule has 0 amide bonds. The zero-order valence-corrected chi connectivity index (χ0v) is 13.7. The lowest BCUT2D eigenvalue weighted by atomic mass is 10.3. The van der Waals surface area contributed by atoms with Crippen LogP contribution in [0.5, 0.6) is 5.75 Å². The standard InChI is InChI=1S/C16H16N4O2S/c1-3-8-22-12-7-5-4-6-10(12)13-18-14-11(15(21)19-13)9-17-16(20-14)23-2/h4-7,9H,3,8H2,1-2H3,(H,17,18,19,20,21)/i13+2. The molecular weight excluding hydrogens is 314 g/mol. The molecular formula is C16H16N4O2S. The molecule has 0 saturated heterocycles. The van der Waals surface area contributed by atoms with Gasteiger partial charge in [0.25, 0.3) is 5.56 Å². The third-order valence-electron chi connectivity index (χ3n) is 3.23. The van der Waals surface area contributed by atoms with E-state index < -0.39 is 0 Å². The van der Waals surface area contributed by atoms with Crippen LogP contribution in [0.1, 0.15) is 13.3 Å². The summed E-state index contributed by atoms with van der Waals surface area (Å²) < 4.78 is 5.74. The summed E-state index contributed by atoms with van der Waals surface area (Å²) in [6.07, 6.45) is 4.28. The van der Waals surface area contributed by atoms with E-state index in [2.05, 4.69) is 19.9 Å². The van der Waals surface area contributed by atoms with Gasteiger partial charge < -0.3 is 9.72 Å². The van der Waals surface area contributed by atoms with Gasteiger partial charge in [-0.2, -0.15) is 0 Å². The molecule has 7 heteroatoms. The van der Waals surface area contributed by atoms with Crippen LogP contribution >= 0.6 is 11.8 Å². The van der Waals surface area contributed by atoms with Crippen LogP contribution in [-0.2, 0) is 0 Å². The first-order valence-corrected chi connectivity index (χ1v) is 8.48. The van der Waals surface area contributed by atoms with E-state index in [9.17, 15) is 4.79 Å². The van der Waals surface area contributed by atoms with Gasteiger partial charge in [0.2, 0.25) is 0 Å². The van der Waals surface area contributed by atoms with Crippen molar-refractivity contribution >= 4 is 22.8 Å². The highest BCUT2D eigenvalue weighted by atomic mass is 32.2. The van der Waals surface area contributed by atoms with Crippen LogP contribution in [0.2, 0.25) is 0 Å². The number of thioether (sulfide) groups is 1. The van der Waals surface area contributed by atoms with Crippen LogP contribution in [0.25, 0.3) is 22.4 Å². The zero-order valence-electron chi connectivity index (χ0n) is 12.9. The highest BCUT2D eigenvalue weighted by Gasteiger charge is 2.12. The average molecular weight is 330 g/mol. The Kier molecular flexibility index (Phi) is 4.57. The summed E-state index contributed by atoms with van der Waals surface area (Å²) in [5.41, 5.74) is 0.862. The summed E-state index contributed by atoms with van der Waals surface area (Å²) >= 11 is 1.41. The molecule has 118 valence electrons. The molecule has 23 heavy (non-hydrogen) atoms. The Bertz CT molecular complexity index is 895. The molecule has 0 saturated carbocycles. The Balaban J connectivity index is 2.15. The zero-order chi connectivity index (χ0) is 16.2. The van der Waals surface area contributed by atoms with Crippen LogP contribution in [0, 0.1) is 0 Å². The van der Waals surface area contributed by atoms with Crippen molar-refractivity contribution in [2.24, 2.45) is 0 Å². The molecule has 2 heterocycles. The fourth-order valence-electron chi connectivity index (χ4n) is 2.14. The maximum Gasteiger partial charge on any atom is 0.262 e. The van der Waals surface area contributed by atoms with Crippen LogP contribution < -0.4 is 10.3 Å². The molecule has 1 aromatic carbocycles. The van der Waals surface area contributed by atoms with E-state index in [1.165, 1.54) is 18.0 Å². The molecule has 6 nitrogen and oxygen atoms in total. The summed E-state index contributed by atoms with van der Waals surface area (Å²) in [6.45, 7) is 2.65. The number of aromatic nitrogens is 4. The number of hydrogen-bond donors (Lipinski definition) is 1. The van der Waals surface area contributed by atoms with Gasteiger partial charge in [0.05, 0.1) is 12.2 Å². The van der Waals surface area contributed by atoms with Gasteiger partial charge in [0, 0.05) is 6.20 Å². The van der Waals surface area contributed by atoms with E-state index >= 15 is 0 Å². The minimum Gasteiger partial charge on any atom is -0.493 e. The van der Waals surface area contributed by atoms with Crippen molar-refractivity contribution in [2.75, 3.05) is 12.9 Å². The lowest BCUT2D eigenvalue weighted by Gasteiger charge is -2.10. The summed E-state index contributed by atoms with van der Waals surface area (Å²) in [7, 11) is 0. The molecule has 1 N–H and O–H groups in total. The Morgan fingerprint density at radius 2 is 2.17 bits per heavy atom. The van der Waals surface area contributed by atoms with Gasteiger partial charge in [-0.05, 0) is 24.8 Å². The van der Waals surface area contributed by atoms with Crippen molar-refractivity contribution in [1.82, 2.24) is 19.9 Å². The fourth-order valence-corrected chi connectivity index (χ4v) is 2.47. The molecule has 0 spiro atoms. The Morgan fingerprint density at radius 3 is 2.96 bits per heavy atom. The van der Waals surface area contributed by atoms with Crippen molar-refractivity contribution in [1.29, 1.82) is 0 Å². The normalized spacial score (nSPS) is 10.9. The van der Waals surface area contributed by atoms with Crippen LogP contribution in [0.4, 0.5) is 0 Å². The van der Waals surface area contributed by atoms with Crippen LogP contribution in [-0.4, -0.2) is 32.8 Å². The van der Waals surface area contributed by atoms with Crippen molar-refractivity contribution in [3.8, 4) is 17.1 Å². The lowest BCUT2D eigenvalue weighted by molar-refractivity contribution is 0.318. The molecule has 3 rings (SSSR count). The molecule has 0 unspecified atom stereocenters. The second-order valence-corrected chi connectivity index (χ2v) is 5.63. The fraction of sp³-hybridized carbons (Fsp3) is 0.250. The SMILES string of the molecule is CCCOc1ccccc1-[14c]1nc2nc(SC)ncc2c(=O)[nH]1. The number of rotatable bonds is 5. The molecule has 0 fully saturated rings. The monoisotopic (exact) mass is 330 g/mol. The maximum absolute atomic E-state index is 12.3. The minimum atomic E-state index is -0.261. The van der Waals surface area contributed by atoms with E-state index in [-0.39, 0.29) is 5.56 Å². The molecule has 0 aliphatic heterocycles. The van der Waals surface area contributed by atoms with Crippen LogP contribution in [0.3, 0.4) is 0 Å². The molecule has 2 aromatic heterocycles. The quantitative estimate of drug-likeness (QED) is 0.572. The Morgan fingerprint density at radius 1 is 1.35 bits per heavy atom. The van der Waals surface area contributed by atoms with Crippen molar-refractivity contribution in [2.45, 2.75) is 18.5 Å². The Labute approximate surface area is 137 Å². The second kappa shape index (κ2) is 6.78. The number of benzene rings is 1. The summed E-state index contributed by atoms with van der Waals surface area (Å²) in [6, 6.07) is 7.50. The van der Waals surface area contributed by atoms with Gasteiger partial charge in [-0.3, -0.25) is 4.79 Å². The van der Waals surface area contributed by atoms with Crippen molar-refractivity contribution < 1.29 is 4.74 Å². The third-order valence-corrected chi connectivity index (χ3v) is 3.79. The first-order valence-electron chi connectivity index (χ1n) is 7.26. The highest BCUT2D eigenvalue weighted by Crippen LogP contribution is 2.27. The number of aromatic amines is 1. The summed E-state index contributed by atoms with van der Waals surface area (Å²) in [5.74, 6) is 1.14. The minimum absolute atomic E-state index is 0.261. The molecule has 0 atom stereocenters. The van der Waals surface area contributed by atoms with E-state index in [0.29, 0.717) is 34.4 Å². The summed E-state index contributed by atoms with van der Waals surface area (Å²) in [5, 5.41) is 0.954. The average Bonchev–Trinajstić information content (AvgIpc) is 2.59. The van der Waals surface area contributed by atoms with Gasteiger partial charge in [-0.15, -0.1) is 0 Å². The maximum atomic E-state index is 12.3. The number of hydrogen-bond acceptors (Lipinski definition) is 6. The first-order chi connectivity index (χ1) is 11.2. The van der Waals surface area contributed by atoms with Gasteiger partial charge >= 0.3 is 0 Å². The van der Waals surface area contributed by atoms with Crippen LogP contribution in [0.15, 0.2) is 40.4 Å². The number of para-hydroxylation sites is 1.